The molecule has 7 nitrogen and oxygen atoms in total. The zero-order chi connectivity index (χ0) is 18.2. The van der Waals surface area contributed by atoms with Crippen molar-refractivity contribution in [1.82, 2.24) is 0 Å². The molecule has 0 saturated heterocycles. The first-order chi connectivity index (χ1) is 11.4. The van der Waals surface area contributed by atoms with Gasteiger partial charge in [-0.2, -0.15) is 0 Å². The molecule has 0 N–H and O–H groups in total. The van der Waals surface area contributed by atoms with Crippen molar-refractivity contribution < 1.29 is 28.0 Å². The first kappa shape index (κ1) is 20.4. The lowest BCUT2D eigenvalue weighted by molar-refractivity contribution is -0.140. The Bertz CT molecular complexity index is 621. The minimum atomic E-state index is -3.78. The average molecular weight is 357 g/mol. The number of rotatable bonds is 9. The summed E-state index contributed by atoms with van der Waals surface area (Å²) in [6.07, 6.45) is 0. The Morgan fingerprint density at radius 3 is 2.25 bits per heavy atom. The second-order valence-electron chi connectivity index (χ2n) is 4.75. The Kier molecular flexibility index (Phi) is 8.11. The van der Waals surface area contributed by atoms with Crippen molar-refractivity contribution in [2.75, 3.05) is 27.4 Å². The molecule has 1 rings (SSSR count). The Morgan fingerprint density at radius 2 is 1.75 bits per heavy atom. The zero-order valence-electron chi connectivity index (χ0n) is 14.6. The monoisotopic (exact) mass is 357 g/mol. The van der Waals surface area contributed by atoms with E-state index in [1.807, 2.05) is 0 Å². The van der Waals surface area contributed by atoms with Gasteiger partial charge in [0, 0.05) is 5.56 Å². The van der Waals surface area contributed by atoms with E-state index in [4.69, 9.17) is 18.6 Å². The van der Waals surface area contributed by atoms with E-state index >= 15 is 0 Å². The molecule has 134 valence electrons. The predicted molar refractivity (Wildman–Crippen MR) is 91.3 cm³/mol. The summed E-state index contributed by atoms with van der Waals surface area (Å²) in [6, 6.07) is 6.95. The van der Waals surface area contributed by atoms with Gasteiger partial charge in [-0.05, 0) is 26.3 Å². The van der Waals surface area contributed by atoms with Gasteiger partial charge in [0.25, 0.3) is 0 Å². The third-order valence-corrected chi connectivity index (χ3v) is 5.59. The lowest BCUT2D eigenvalue weighted by atomic mass is 10.0. The molecule has 0 aliphatic carbocycles. The normalized spacial score (nSPS) is 13.5. The van der Waals surface area contributed by atoms with Crippen LogP contribution in [0.1, 0.15) is 37.6 Å². The third-order valence-electron chi connectivity index (χ3n) is 3.23. The molecule has 0 saturated carbocycles. The van der Waals surface area contributed by atoms with E-state index in [9.17, 15) is 9.36 Å². The van der Waals surface area contributed by atoms with Crippen LogP contribution in [-0.2, 0) is 28.0 Å². The highest BCUT2D eigenvalue weighted by molar-refractivity contribution is 7.55. The third kappa shape index (κ3) is 4.66. The second-order valence-corrected chi connectivity index (χ2v) is 6.86. The van der Waals surface area contributed by atoms with E-state index in [2.05, 4.69) is 5.16 Å². The summed E-state index contributed by atoms with van der Waals surface area (Å²) in [4.78, 5) is 17.2. The van der Waals surface area contributed by atoms with Crippen molar-refractivity contribution in [2.24, 2.45) is 5.16 Å². The molecular formula is C16H24NO6P. The fraction of sp³-hybridized carbons (Fsp3) is 0.500. The number of methoxy groups -OCH3 is 1. The highest BCUT2D eigenvalue weighted by Gasteiger charge is 2.44. The minimum absolute atomic E-state index is 0.137. The second kappa shape index (κ2) is 9.57. The summed E-state index contributed by atoms with van der Waals surface area (Å²) < 4.78 is 28.8. The Morgan fingerprint density at radius 1 is 1.17 bits per heavy atom. The van der Waals surface area contributed by atoms with Crippen molar-refractivity contribution in [3.8, 4) is 0 Å². The summed E-state index contributed by atoms with van der Waals surface area (Å²) in [7, 11) is -1.12. The van der Waals surface area contributed by atoms with Crippen molar-refractivity contribution in [3.63, 3.8) is 0 Å². The average Bonchev–Trinajstić information content (AvgIpc) is 2.55. The largest absolute Gasteiger partial charge is 0.468 e. The van der Waals surface area contributed by atoms with Crippen molar-refractivity contribution in [3.05, 3.63) is 35.4 Å². The van der Waals surface area contributed by atoms with Crippen LogP contribution in [0.15, 0.2) is 29.4 Å². The molecule has 1 aromatic rings. The number of oxime groups is 1. The fourth-order valence-corrected chi connectivity index (χ4v) is 4.36. The Balaban J connectivity index is 3.56. The van der Waals surface area contributed by atoms with Crippen LogP contribution in [0.2, 0.25) is 0 Å². The van der Waals surface area contributed by atoms with Gasteiger partial charge >= 0.3 is 13.6 Å². The van der Waals surface area contributed by atoms with E-state index in [1.165, 1.54) is 14.2 Å². The Hall–Kier alpha value is -1.69. The molecule has 1 atom stereocenters. The maximum atomic E-state index is 13.2. The first-order valence-corrected chi connectivity index (χ1v) is 9.19. The summed E-state index contributed by atoms with van der Waals surface area (Å²) in [6.45, 7) is 5.37. The smallest absolute Gasteiger partial charge is 0.349 e. The number of hydrogen-bond acceptors (Lipinski definition) is 7. The fourth-order valence-electron chi connectivity index (χ4n) is 2.34. The molecule has 1 unspecified atom stereocenters. The molecule has 0 heterocycles. The van der Waals surface area contributed by atoms with Gasteiger partial charge in [-0.3, -0.25) is 9.36 Å². The number of hydrogen-bond donors (Lipinski definition) is 0. The molecule has 0 aliphatic heterocycles. The van der Waals surface area contributed by atoms with Crippen molar-refractivity contribution in [1.29, 1.82) is 0 Å². The molecule has 0 fully saturated rings. The van der Waals surface area contributed by atoms with Gasteiger partial charge < -0.3 is 18.6 Å². The summed E-state index contributed by atoms with van der Waals surface area (Å²) in [5.41, 5.74) is 0.379. The minimum Gasteiger partial charge on any atom is -0.468 e. The van der Waals surface area contributed by atoms with Crippen LogP contribution >= 0.6 is 7.60 Å². The zero-order valence-corrected chi connectivity index (χ0v) is 15.5. The molecule has 0 aromatic heterocycles. The van der Waals surface area contributed by atoms with Crippen molar-refractivity contribution in [2.45, 2.75) is 26.4 Å². The van der Waals surface area contributed by atoms with E-state index in [1.54, 1.807) is 45.0 Å². The van der Waals surface area contributed by atoms with Crippen molar-refractivity contribution >= 4 is 19.3 Å². The van der Waals surface area contributed by atoms with Gasteiger partial charge in [-0.1, -0.05) is 29.4 Å². The molecule has 1 aromatic carbocycles. The summed E-state index contributed by atoms with van der Waals surface area (Å²) in [5, 5.41) is 3.89. The summed E-state index contributed by atoms with van der Waals surface area (Å²) >= 11 is 0. The highest BCUT2D eigenvalue weighted by Crippen LogP contribution is 2.61. The van der Waals surface area contributed by atoms with Gasteiger partial charge in [0.1, 0.15) is 7.11 Å². The van der Waals surface area contributed by atoms with Gasteiger partial charge in [0.2, 0.25) is 0 Å². The number of nitrogens with zero attached hydrogens (tertiary/aromatic N) is 1. The standard InChI is InChI=1S/C16H24NO6P/c1-6-22-24(19,23-7-2)15(16(18)20-4)14-11-9-8-10-13(14)12(3)17-21-5/h8-11,15H,6-7H2,1-5H3/b17-12+. The van der Waals surface area contributed by atoms with Gasteiger partial charge in [0.05, 0.1) is 26.0 Å². The maximum Gasteiger partial charge on any atom is 0.349 e. The van der Waals surface area contributed by atoms with E-state index in [-0.39, 0.29) is 13.2 Å². The lowest BCUT2D eigenvalue weighted by Gasteiger charge is -2.26. The van der Waals surface area contributed by atoms with Crippen LogP contribution < -0.4 is 0 Å². The quantitative estimate of drug-likeness (QED) is 0.291. The van der Waals surface area contributed by atoms with Gasteiger partial charge in [-0.15, -0.1) is 0 Å². The van der Waals surface area contributed by atoms with Crippen LogP contribution in [0.25, 0.3) is 0 Å². The molecule has 0 radical (unpaired) electrons. The van der Waals surface area contributed by atoms with Crippen LogP contribution in [-0.4, -0.2) is 39.1 Å². The first-order valence-electron chi connectivity index (χ1n) is 7.58. The molecule has 8 heteroatoms. The van der Waals surface area contributed by atoms with Gasteiger partial charge in [0.15, 0.2) is 5.66 Å². The number of carbonyl (C=O) groups is 1. The highest BCUT2D eigenvalue weighted by atomic mass is 31.2. The molecular weight excluding hydrogens is 333 g/mol. The lowest BCUT2D eigenvalue weighted by Crippen LogP contribution is -2.20. The van der Waals surface area contributed by atoms with Crippen LogP contribution in [0, 0.1) is 0 Å². The van der Waals surface area contributed by atoms with Gasteiger partial charge in [-0.25, -0.2) is 0 Å². The summed E-state index contributed by atoms with van der Waals surface area (Å²) in [5.74, 6) is -0.696. The van der Waals surface area contributed by atoms with E-state index < -0.39 is 19.2 Å². The van der Waals surface area contributed by atoms with E-state index in [0.29, 0.717) is 16.8 Å². The SMILES string of the molecule is CCOP(=O)(OCC)C(C(=O)OC)c1ccccc1/C(C)=N/OC. The predicted octanol–water partition coefficient (Wildman–Crippen LogP) is 3.54. The van der Waals surface area contributed by atoms with Crippen LogP contribution in [0.5, 0.6) is 0 Å². The molecule has 0 amide bonds. The van der Waals surface area contributed by atoms with Crippen LogP contribution in [0.4, 0.5) is 0 Å². The number of ether oxygens (including phenoxy) is 1. The topological polar surface area (TPSA) is 83.4 Å². The number of carbonyl (C=O) groups excluding carboxylic acids is 1. The molecule has 24 heavy (non-hydrogen) atoms. The van der Waals surface area contributed by atoms with E-state index in [0.717, 1.165) is 0 Å². The maximum absolute atomic E-state index is 13.2. The molecule has 0 spiro atoms. The molecule has 0 aliphatic rings. The molecule has 0 bridgehead atoms. The van der Waals surface area contributed by atoms with Crippen LogP contribution in [0.3, 0.4) is 0 Å². The number of benzene rings is 1. The number of esters is 1. The Labute approximate surface area is 142 Å².